The molecule has 1 N–H and O–H groups in total. The molecule has 0 radical (unpaired) electrons. The van der Waals surface area contributed by atoms with E-state index >= 15 is 0 Å². The van der Waals surface area contributed by atoms with Crippen molar-refractivity contribution in [1.29, 1.82) is 0 Å². The normalized spacial score (nSPS) is 11.7. The summed E-state index contributed by atoms with van der Waals surface area (Å²) in [5.74, 6) is 0.858. The molecule has 0 unspecified atom stereocenters. The lowest BCUT2D eigenvalue weighted by Gasteiger charge is -2.22. The Morgan fingerprint density at radius 1 is 1.50 bits per heavy atom. The molecule has 0 aliphatic heterocycles. The van der Waals surface area contributed by atoms with E-state index in [1.165, 1.54) is 5.69 Å². The van der Waals surface area contributed by atoms with Crippen molar-refractivity contribution in [1.82, 2.24) is 19.9 Å². The minimum atomic E-state index is 0.510. The highest BCUT2D eigenvalue weighted by Gasteiger charge is 2.08. The number of hydrogen-bond donors (Lipinski definition) is 1. The smallest absolute Gasteiger partial charge is 0.194 e. The first-order chi connectivity index (χ1) is 9.70. The van der Waals surface area contributed by atoms with Gasteiger partial charge >= 0.3 is 0 Å². The van der Waals surface area contributed by atoms with Gasteiger partial charge in [0.25, 0.3) is 0 Å². The Morgan fingerprint density at radius 3 is 2.95 bits per heavy atom. The van der Waals surface area contributed by atoms with Crippen molar-refractivity contribution in [2.24, 2.45) is 12.0 Å². The van der Waals surface area contributed by atoms with E-state index in [4.69, 9.17) is 4.52 Å². The quantitative estimate of drug-likeness (QED) is 0.665. The van der Waals surface area contributed by atoms with Gasteiger partial charge < -0.3 is 19.3 Å². The van der Waals surface area contributed by atoms with Crippen LogP contribution in [-0.4, -0.2) is 34.2 Å². The number of hydrogen-bond acceptors (Lipinski definition) is 3. The number of guanidine groups is 1. The lowest BCUT2D eigenvalue weighted by molar-refractivity contribution is 0.411. The number of rotatable bonds is 5. The van der Waals surface area contributed by atoms with Crippen molar-refractivity contribution in [3.05, 3.63) is 42.0 Å². The fraction of sp³-hybridized carbons (Fsp3) is 0.429. The van der Waals surface area contributed by atoms with Gasteiger partial charge in [0.05, 0.1) is 13.1 Å². The molecular formula is C14H21N5O. The third-order valence-corrected chi connectivity index (χ3v) is 3.03. The van der Waals surface area contributed by atoms with E-state index in [-0.39, 0.29) is 0 Å². The molecule has 6 nitrogen and oxygen atoms in total. The summed E-state index contributed by atoms with van der Waals surface area (Å²) >= 11 is 0. The van der Waals surface area contributed by atoms with Gasteiger partial charge in [-0.2, -0.15) is 0 Å². The van der Waals surface area contributed by atoms with Crippen molar-refractivity contribution in [2.45, 2.75) is 20.0 Å². The predicted molar refractivity (Wildman–Crippen MR) is 78.2 cm³/mol. The number of aryl methyl sites for hydroxylation is 1. The maximum absolute atomic E-state index is 4.81. The van der Waals surface area contributed by atoms with Gasteiger partial charge in [0.1, 0.15) is 12.0 Å². The van der Waals surface area contributed by atoms with E-state index in [2.05, 4.69) is 37.9 Å². The topological polar surface area (TPSA) is 58.6 Å². The summed E-state index contributed by atoms with van der Waals surface area (Å²) in [5, 5.41) is 7.15. The average Bonchev–Trinajstić information content (AvgIpc) is 3.07. The molecule has 0 aliphatic carbocycles. The lowest BCUT2D eigenvalue weighted by Crippen LogP contribution is -2.38. The largest absolute Gasteiger partial charge is 0.364 e. The van der Waals surface area contributed by atoms with Crippen molar-refractivity contribution >= 4 is 5.96 Å². The first-order valence-corrected chi connectivity index (χ1v) is 6.69. The zero-order valence-corrected chi connectivity index (χ0v) is 12.2. The van der Waals surface area contributed by atoms with Crippen molar-refractivity contribution in [3.63, 3.8) is 0 Å². The van der Waals surface area contributed by atoms with Gasteiger partial charge in [-0.25, -0.2) is 4.99 Å². The van der Waals surface area contributed by atoms with Crippen LogP contribution in [0.2, 0.25) is 0 Å². The Hall–Kier alpha value is -2.24. The second-order valence-electron chi connectivity index (χ2n) is 4.63. The third-order valence-electron chi connectivity index (χ3n) is 3.03. The van der Waals surface area contributed by atoms with Crippen LogP contribution in [0.1, 0.15) is 18.3 Å². The van der Waals surface area contributed by atoms with E-state index in [1.807, 2.05) is 32.4 Å². The van der Waals surface area contributed by atoms with E-state index in [1.54, 1.807) is 6.26 Å². The van der Waals surface area contributed by atoms with Gasteiger partial charge in [0.2, 0.25) is 0 Å². The van der Waals surface area contributed by atoms with Gasteiger partial charge in [-0.3, -0.25) is 0 Å². The second-order valence-corrected chi connectivity index (χ2v) is 4.63. The standard InChI is InChI=1S/C14H21N5O/c1-4-15-14(16-10-12-7-9-20-17-12)19(3)11-13-6-5-8-18(13)2/h5-9H,4,10-11H2,1-3H3,(H,15,16). The average molecular weight is 275 g/mol. The zero-order chi connectivity index (χ0) is 14.4. The Labute approximate surface area is 119 Å². The number of nitrogens with one attached hydrogen (secondary N) is 1. The molecule has 0 saturated carbocycles. The Kier molecular flexibility index (Phi) is 4.81. The van der Waals surface area contributed by atoms with Gasteiger partial charge in [0, 0.05) is 38.6 Å². The highest BCUT2D eigenvalue weighted by Crippen LogP contribution is 2.04. The molecular weight excluding hydrogens is 254 g/mol. The molecule has 0 fully saturated rings. The SMILES string of the molecule is CCNC(=NCc1ccon1)N(C)Cc1cccn1C. The van der Waals surface area contributed by atoms with Gasteiger partial charge in [0.15, 0.2) is 5.96 Å². The number of nitrogens with zero attached hydrogens (tertiary/aromatic N) is 4. The van der Waals surface area contributed by atoms with Gasteiger partial charge in [-0.1, -0.05) is 5.16 Å². The predicted octanol–water partition coefficient (Wildman–Crippen LogP) is 1.61. The number of aromatic nitrogens is 2. The molecule has 0 atom stereocenters. The van der Waals surface area contributed by atoms with Crippen LogP contribution in [0.25, 0.3) is 0 Å². The van der Waals surface area contributed by atoms with Crippen LogP contribution >= 0.6 is 0 Å². The van der Waals surface area contributed by atoms with Gasteiger partial charge in [-0.05, 0) is 19.1 Å². The minimum absolute atomic E-state index is 0.510. The van der Waals surface area contributed by atoms with E-state index < -0.39 is 0 Å². The zero-order valence-electron chi connectivity index (χ0n) is 12.2. The molecule has 6 heteroatoms. The summed E-state index contributed by atoms with van der Waals surface area (Å²) in [4.78, 5) is 6.66. The molecule has 0 amide bonds. The molecule has 2 heterocycles. The second kappa shape index (κ2) is 6.79. The molecule has 108 valence electrons. The summed E-state index contributed by atoms with van der Waals surface area (Å²) in [6.45, 7) is 4.20. The highest BCUT2D eigenvalue weighted by atomic mass is 16.5. The first-order valence-electron chi connectivity index (χ1n) is 6.69. The summed E-state index contributed by atoms with van der Waals surface area (Å²) < 4.78 is 6.92. The fourth-order valence-electron chi connectivity index (χ4n) is 1.92. The van der Waals surface area contributed by atoms with Crippen LogP contribution in [0, 0.1) is 0 Å². The van der Waals surface area contributed by atoms with Gasteiger partial charge in [-0.15, -0.1) is 0 Å². The van der Waals surface area contributed by atoms with E-state index in [0.717, 1.165) is 24.7 Å². The van der Waals surface area contributed by atoms with Crippen molar-refractivity contribution in [3.8, 4) is 0 Å². The summed E-state index contributed by atoms with van der Waals surface area (Å²) in [6.07, 6.45) is 3.61. The van der Waals surface area contributed by atoms with E-state index in [0.29, 0.717) is 6.54 Å². The van der Waals surface area contributed by atoms with Crippen molar-refractivity contribution in [2.75, 3.05) is 13.6 Å². The van der Waals surface area contributed by atoms with Crippen LogP contribution in [0.5, 0.6) is 0 Å². The molecule has 0 saturated heterocycles. The Bertz CT molecular complexity index is 544. The van der Waals surface area contributed by atoms with Crippen LogP contribution in [-0.2, 0) is 20.1 Å². The molecule has 2 rings (SSSR count). The summed E-state index contributed by atoms with van der Waals surface area (Å²) in [5.41, 5.74) is 2.06. The lowest BCUT2D eigenvalue weighted by atomic mass is 10.4. The highest BCUT2D eigenvalue weighted by molar-refractivity contribution is 5.79. The first kappa shape index (κ1) is 14.2. The van der Waals surface area contributed by atoms with Crippen LogP contribution in [0.3, 0.4) is 0 Å². The third kappa shape index (κ3) is 3.63. The fourth-order valence-corrected chi connectivity index (χ4v) is 1.92. The van der Waals surface area contributed by atoms with Crippen LogP contribution < -0.4 is 5.32 Å². The molecule has 2 aromatic heterocycles. The maximum Gasteiger partial charge on any atom is 0.194 e. The summed E-state index contributed by atoms with van der Waals surface area (Å²) in [6, 6.07) is 5.98. The Morgan fingerprint density at radius 2 is 2.35 bits per heavy atom. The monoisotopic (exact) mass is 275 g/mol. The molecule has 0 aromatic carbocycles. The number of aliphatic imine (C=N–C) groups is 1. The summed E-state index contributed by atoms with van der Waals surface area (Å²) in [7, 11) is 4.07. The molecule has 0 bridgehead atoms. The molecule has 20 heavy (non-hydrogen) atoms. The van der Waals surface area contributed by atoms with Crippen LogP contribution in [0.15, 0.2) is 40.2 Å². The molecule has 0 spiro atoms. The molecule has 2 aromatic rings. The van der Waals surface area contributed by atoms with Crippen LogP contribution in [0.4, 0.5) is 0 Å². The van der Waals surface area contributed by atoms with E-state index in [9.17, 15) is 0 Å². The van der Waals surface area contributed by atoms with Crippen molar-refractivity contribution < 1.29 is 4.52 Å². The maximum atomic E-state index is 4.81. The molecule has 0 aliphatic rings. The Balaban J connectivity index is 2.03. The minimum Gasteiger partial charge on any atom is -0.364 e.